The molecule has 0 aliphatic heterocycles. The van der Waals surface area contributed by atoms with Crippen LogP contribution in [0.2, 0.25) is 0 Å². The maximum atomic E-state index is 5.67. The predicted octanol–water partition coefficient (Wildman–Crippen LogP) is 2.66. The van der Waals surface area contributed by atoms with Gasteiger partial charge in [-0.25, -0.2) is 9.97 Å². The second-order valence-electron chi connectivity index (χ2n) is 5.54. The molecule has 0 aromatic carbocycles. The molecule has 1 aromatic rings. The van der Waals surface area contributed by atoms with Gasteiger partial charge in [-0.2, -0.15) is 0 Å². The summed E-state index contributed by atoms with van der Waals surface area (Å²) in [6.45, 7) is 3.74. The zero-order valence-corrected chi connectivity index (χ0v) is 12.0. The Kier molecular flexibility index (Phi) is 5.58. The maximum absolute atomic E-state index is 5.67. The van der Waals surface area contributed by atoms with Crippen LogP contribution in [-0.4, -0.2) is 29.1 Å². The summed E-state index contributed by atoms with van der Waals surface area (Å²) in [4.78, 5) is 11.4. The smallest absolute Gasteiger partial charge is 0.225 e. The SMILES string of the molecule is Cc1cnc(N(CCCN)C2CCCCCC2)nc1. The molecule has 0 bridgehead atoms. The summed E-state index contributed by atoms with van der Waals surface area (Å²) in [7, 11) is 0. The summed E-state index contributed by atoms with van der Waals surface area (Å²) in [5.74, 6) is 0.881. The van der Waals surface area contributed by atoms with Gasteiger partial charge in [0.25, 0.3) is 0 Å². The van der Waals surface area contributed by atoms with Crippen molar-refractivity contribution in [2.45, 2.75) is 57.9 Å². The van der Waals surface area contributed by atoms with Gasteiger partial charge in [0.2, 0.25) is 5.95 Å². The molecule has 1 aliphatic carbocycles. The lowest BCUT2D eigenvalue weighted by molar-refractivity contribution is 0.510. The van der Waals surface area contributed by atoms with E-state index in [1.807, 2.05) is 19.3 Å². The van der Waals surface area contributed by atoms with Crippen LogP contribution in [0.3, 0.4) is 0 Å². The average molecular weight is 262 g/mol. The van der Waals surface area contributed by atoms with Crippen molar-refractivity contribution in [2.24, 2.45) is 5.73 Å². The summed E-state index contributed by atoms with van der Waals surface area (Å²) in [6, 6.07) is 0.594. The molecule has 2 rings (SSSR count). The standard InChI is InChI=1S/C15H26N4/c1-13-11-17-15(18-12-13)19(10-6-9-16)14-7-4-2-3-5-8-14/h11-12,14H,2-10,16H2,1H3. The van der Waals surface area contributed by atoms with E-state index in [2.05, 4.69) is 14.9 Å². The first kappa shape index (κ1) is 14.3. The van der Waals surface area contributed by atoms with Crippen LogP contribution in [0.15, 0.2) is 12.4 Å². The van der Waals surface area contributed by atoms with Crippen LogP contribution in [0.25, 0.3) is 0 Å². The lowest BCUT2D eigenvalue weighted by atomic mass is 10.1. The number of hydrogen-bond donors (Lipinski definition) is 1. The van der Waals surface area contributed by atoms with Crippen molar-refractivity contribution in [1.29, 1.82) is 0 Å². The fourth-order valence-corrected chi connectivity index (χ4v) is 2.81. The summed E-state index contributed by atoms with van der Waals surface area (Å²) in [5.41, 5.74) is 6.79. The molecule has 1 saturated carbocycles. The van der Waals surface area contributed by atoms with Crippen molar-refractivity contribution in [1.82, 2.24) is 9.97 Å². The molecule has 4 nitrogen and oxygen atoms in total. The van der Waals surface area contributed by atoms with Gasteiger partial charge in [0.15, 0.2) is 0 Å². The van der Waals surface area contributed by atoms with Gasteiger partial charge in [0.05, 0.1) is 0 Å². The van der Waals surface area contributed by atoms with E-state index in [1.54, 1.807) is 0 Å². The molecule has 0 unspecified atom stereocenters. The molecule has 4 heteroatoms. The number of aryl methyl sites for hydroxylation is 1. The van der Waals surface area contributed by atoms with Gasteiger partial charge in [-0.05, 0) is 38.3 Å². The Balaban J connectivity index is 2.11. The molecule has 0 amide bonds. The minimum Gasteiger partial charge on any atom is -0.338 e. The summed E-state index contributed by atoms with van der Waals surface area (Å²) in [6.07, 6.45) is 12.8. The van der Waals surface area contributed by atoms with Gasteiger partial charge in [0.1, 0.15) is 0 Å². The third-order valence-corrected chi connectivity index (χ3v) is 3.89. The quantitative estimate of drug-likeness (QED) is 0.829. The molecule has 1 aliphatic rings. The highest BCUT2D eigenvalue weighted by atomic mass is 15.3. The second-order valence-corrected chi connectivity index (χ2v) is 5.54. The highest BCUT2D eigenvalue weighted by Crippen LogP contribution is 2.24. The van der Waals surface area contributed by atoms with Gasteiger partial charge in [-0.15, -0.1) is 0 Å². The van der Waals surface area contributed by atoms with E-state index in [0.717, 1.165) is 31.0 Å². The Hall–Kier alpha value is -1.16. The number of hydrogen-bond acceptors (Lipinski definition) is 4. The Morgan fingerprint density at radius 2 is 1.79 bits per heavy atom. The largest absolute Gasteiger partial charge is 0.338 e. The van der Waals surface area contributed by atoms with E-state index in [0.29, 0.717) is 6.04 Å². The van der Waals surface area contributed by atoms with Crippen LogP contribution in [0.4, 0.5) is 5.95 Å². The van der Waals surface area contributed by atoms with Crippen molar-refractivity contribution in [2.75, 3.05) is 18.0 Å². The average Bonchev–Trinajstić information content (AvgIpc) is 2.70. The molecule has 106 valence electrons. The molecular formula is C15H26N4. The molecule has 0 radical (unpaired) electrons. The first-order valence-corrected chi connectivity index (χ1v) is 7.56. The third kappa shape index (κ3) is 4.16. The van der Waals surface area contributed by atoms with Crippen LogP contribution in [0.5, 0.6) is 0 Å². The molecule has 1 aromatic heterocycles. The Labute approximate surface area is 116 Å². The van der Waals surface area contributed by atoms with Crippen molar-refractivity contribution in [3.63, 3.8) is 0 Å². The van der Waals surface area contributed by atoms with Crippen molar-refractivity contribution < 1.29 is 0 Å². The summed E-state index contributed by atoms with van der Waals surface area (Å²) < 4.78 is 0. The second kappa shape index (κ2) is 7.43. The summed E-state index contributed by atoms with van der Waals surface area (Å²) >= 11 is 0. The molecule has 19 heavy (non-hydrogen) atoms. The number of aromatic nitrogens is 2. The normalized spacial score (nSPS) is 17.2. The molecule has 1 heterocycles. The lowest BCUT2D eigenvalue weighted by Crippen LogP contribution is -2.38. The monoisotopic (exact) mass is 262 g/mol. The van der Waals surface area contributed by atoms with Gasteiger partial charge in [-0.3, -0.25) is 0 Å². The van der Waals surface area contributed by atoms with Crippen molar-refractivity contribution in [3.05, 3.63) is 18.0 Å². The predicted molar refractivity (Wildman–Crippen MR) is 79.3 cm³/mol. The van der Waals surface area contributed by atoms with Crippen molar-refractivity contribution >= 4 is 5.95 Å². The van der Waals surface area contributed by atoms with Crippen LogP contribution in [-0.2, 0) is 0 Å². The fraction of sp³-hybridized carbons (Fsp3) is 0.733. The number of anilines is 1. The molecule has 0 spiro atoms. The summed E-state index contributed by atoms with van der Waals surface area (Å²) in [5, 5.41) is 0. The van der Waals surface area contributed by atoms with E-state index in [4.69, 9.17) is 5.73 Å². The van der Waals surface area contributed by atoms with Gasteiger partial charge in [-0.1, -0.05) is 25.7 Å². The number of rotatable bonds is 5. The minimum atomic E-state index is 0.594. The molecule has 0 saturated heterocycles. The van der Waals surface area contributed by atoms with E-state index in [9.17, 15) is 0 Å². The highest BCUT2D eigenvalue weighted by molar-refractivity contribution is 5.31. The number of nitrogens with zero attached hydrogens (tertiary/aromatic N) is 3. The topological polar surface area (TPSA) is 55.0 Å². The van der Waals surface area contributed by atoms with E-state index >= 15 is 0 Å². The number of nitrogens with two attached hydrogens (primary N) is 1. The maximum Gasteiger partial charge on any atom is 0.225 e. The molecule has 2 N–H and O–H groups in total. The fourth-order valence-electron chi connectivity index (χ4n) is 2.81. The van der Waals surface area contributed by atoms with Crippen molar-refractivity contribution in [3.8, 4) is 0 Å². The first-order chi connectivity index (χ1) is 9.31. The Bertz CT molecular complexity index is 355. The van der Waals surface area contributed by atoms with E-state index in [1.165, 1.54) is 38.5 Å². The molecular weight excluding hydrogens is 236 g/mol. The minimum absolute atomic E-state index is 0.594. The molecule has 0 atom stereocenters. The van der Waals surface area contributed by atoms with E-state index in [-0.39, 0.29) is 0 Å². The Morgan fingerprint density at radius 1 is 1.16 bits per heavy atom. The van der Waals surface area contributed by atoms with Crippen LogP contribution in [0.1, 0.15) is 50.5 Å². The van der Waals surface area contributed by atoms with Crippen LogP contribution >= 0.6 is 0 Å². The van der Waals surface area contributed by atoms with Gasteiger partial charge in [0, 0.05) is 25.0 Å². The zero-order chi connectivity index (χ0) is 13.5. The van der Waals surface area contributed by atoms with E-state index < -0.39 is 0 Å². The van der Waals surface area contributed by atoms with Gasteiger partial charge < -0.3 is 10.6 Å². The zero-order valence-electron chi connectivity index (χ0n) is 12.0. The molecule has 1 fully saturated rings. The lowest BCUT2D eigenvalue weighted by Gasteiger charge is -2.31. The third-order valence-electron chi connectivity index (χ3n) is 3.89. The van der Waals surface area contributed by atoms with Gasteiger partial charge >= 0.3 is 0 Å². The Morgan fingerprint density at radius 3 is 2.37 bits per heavy atom. The first-order valence-electron chi connectivity index (χ1n) is 7.56. The van der Waals surface area contributed by atoms with Crippen LogP contribution < -0.4 is 10.6 Å². The van der Waals surface area contributed by atoms with Crippen LogP contribution in [0, 0.1) is 6.92 Å². The highest BCUT2D eigenvalue weighted by Gasteiger charge is 2.21.